The monoisotopic (exact) mass is 192 g/mol. The zero-order valence-electron chi connectivity index (χ0n) is 8.33. The van der Waals surface area contributed by atoms with Gasteiger partial charge in [0.1, 0.15) is 0 Å². The van der Waals surface area contributed by atoms with Gasteiger partial charge in [-0.3, -0.25) is 0 Å². The maximum atomic E-state index is 2.56. The molecule has 0 aromatic heterocycles. The molecule has 0 N–H and O–H groups in total. The molecule has 2 heterocycles. The average molecular weight is 192 g/mol. The van der Waals surface area contributed by atoms with E-state index in [9.17, 15) is 0 Å². The zero-order valence-corrected chi connectivity index (χ0v) is 10.3. The normalized spacial score (nSPS) is 50.5. The van der Waals surface area contributed by atoms with Crippen LogP contribution < -0.4 is 0 Å². The van der Waals surface area contributed by atoms with Crippen molar-refractivity contribution in [3.8, 4) is 0 Å². The second-order valence-corrected chi connectivity index (χ2v) is 16.6. The van der Waals surface area contributed by atoms with Crippen molar-refractivity contribution in [2.24, 2.45) is 5.41 Å². The summed E-state index contributed by atoms with van der Waals surface area (Å²) in [5.41, 5.74) is 0.936. The molecule has 0 atom stereocenters. The molecule has 0 nitrogen and oxygen atoms in total. The summed E-state index contributed by atoms with van der Waals surface area (Å²) in [4.78, 5) is 0. The van der Waals surface area contributed by atoms with Crippen LogP contribution in [0.5, 0.6) is 0 Å². The fraction of sp³-hybridized carbons (Fsp3) is 1.00. The third-order valence-electron chi connectivity index (χ3n) is 3.41. The van der Waals surface area contributed by atoms with Gasteiger partial charge < -0.3 is 0 Å². The molecule has 2 rings (SSSR count). The predicted octanol–water partition coefficient (Wildman–Crippen LogP) is 2.02. The molecule has 0 saturated carbocycles. The van der Waals surface area contributed by atoms with Crippen molar-refractivity contribution < 1.29 is 0 Å². The van der Waals surface area contributed by atoms with E-state index in [1.54, 1.807) is 24.6 Å². The minimum atomic E-state index is -0.596. The van der Waals surface area contributed by atoms with Gasteiger partial charge in [0.2, 0.25) is 0 Å². The Balaban J connectivity index is 1.93. The Kier molecular flexibility index (Phi) is 1.55. The van der Waals surface area contributed by atoms with Gasteiger partial charge in [0.25, 0.3) is 0 Å². The Hall–Kier alpha value is 0.860. The third kappa shape index (κ3) is 1.38. The van der Waals surface area contributed by atoms with Crippen molar-refractivity contribution in [2.45, 2.75) is 0 Å². The van der Waals surface area contributed by atoms with Crippen molar-refractivity contribution in [3.63, 3.8) is 0 Å². The molecular weight excluding hydrogens is 170 g/mol. The summed E-state index contributed by atoms with van der Waals surface area (Å²) >= 11 is 0. The van der Waals surface area contributed by atoms with E-state index in [-0.39, 0.29) is 0 Å². The predicted molar refractivity (Wildman–Crippen MR) is 62.2 cm³/mol. The van der Waals surface area contributed by atoms with E-state index in [2.05, 4.69) is 26.7 Å². The molecule has 2 aliphatic rings. The Morgan fingerprint density at radius 3 is 1.18 bits per heavy atom. The fourth-order valence-electron chi connectivity index (χ4n) is 4.21. The van der Waals surface area contributed by atoms with Crippen LogP contribution in [0.2, 0.25) is 0 Å². The van der Waals surface area contributed by atoms with Gasteiger partial charge in [0, 0.05) is 0 Å². The van der Waals surface area contributed by atoms with Crippen LogP contribution in [0.3, 0.4) is 0 Å². The second kappa shape index (κ2) is 2.02. The molecule has 0 aromatic rings. The van der Waals surface area contributed by atoms with Crippen molar-refractivity contribution in [1.82, 2.24) is 0 Å². The molecule has 0 aliphatic carbocycles. The van der Waals surface area contributed by atoms with Crippen molar-refractivity contribution >= 4 is 14.5 Å². The quantitative estimate of drug-likeness (QED) is 0.515. The Morgan fingerprint density at radius 1 is 0.727 bits per heavy atom. The summed E-state index contributed by atoms with van der Waals surface area (Å²) in [6.07, 6.45) is 6.65. The van der Waals surface area contributed by atoms with Crippen LogP contribution in [0.1, 0.15) is 0 Å². The van der Waals surface area contributed by atoms with Crippen molar-refractivity contribution in [2.75, 3.05) is 51.3 Å². The topological polar surface area (TPSA) is 0 Å². The summed E-state index contributed by atoms with van der Waals surface area (Å²) in [6.45, 7) is 10.2. The summed E-state index contributed by atoms with van der Waals surface area (Å²) in [5, 5.41) is 0. The van der Waals surface area contributed by atoms with E-state index in [1.807, 2.05) is 0 Å². The first-order valence-electron chi connectivity index (χ1n) is 4.83. The molecule has 1 spiro atoms. The van der Waals surface area contributed by atoms with E-state index in [1.165, 1.54) is 0 Å². The number of hydrogen-bond donors (Lipinski definition) is 0. The van der Waals surface area contributed by atoms with E-state index in [0.29, 0.717) is 0 Å². The Morgan fingerprint density at radius 2 is 1.00 bits per heavy atom. The summed E-state index contributed by atoms with van der Waals surface area (Å²) < 4.78 is 0. The maximum absolute atomic E-state index is 2.56. The summed E-state index contributed by atoms with van der Waals surface area (Å²) in [6, 6.07) is 0. The van der Waals surface area contributed by atoms with E-state index >= 15 is 0 Å². The molecule has 0 bridgehead atoms. The van der Waals surface area contributed by atoms with Crippen LogP contribution in [-0.2, 0) is 0 Å². The molecule has 68 valence electrons. The van der Waals surface area contributed by atoms with Crippen molar-refractivity contribution in [1.29, 1.82) is 0 Å². The fourth-order valence-corrected chi connectivity index (χ4v) is 14.1. The molecule has 2 saturated heterocycles. The molecule has 0 aromatic carbocycles. The molecule has 0 amide bonds. The minimum absolute atomic E-state index is 0.596. The van der Waals surface area contributed by atoms with Gasteiger partial charge in [0.05, 0.1) is 0 Å². The first kappa shape index (κ1) is 8.46. The molecule has 2 heteroatoms. The molecule has 2 aliphatic heterocycles. The van der Waals surface area contributed by atoms with Gasteiger partial charge in [-0.2, -0.15) is 0 Å². The standard InChI is InChI=1S/C9H22P2/c1-10(2)5-9(6-10)7-11(3,4)8-9/h10-11H,5-8H2,1-4H3. The van der Waals surface area contributed by atoms with Crippen LogP contribution in [0.4, 0.5) is 0 Å². The van der Waals surface area contributed by atoms with Gasteiger partial charge in [-0.15, -0.1) is 0 Å². The number of rotatable bonds is 0. The van der Waals surface area contributed by atoms with Crippen LogP contribution in [-0.4, -0.2) is 51.3 Å². The molecule has 11 heavy (non-hydrogen) atoms. The van der Waals surface area contributed by atoms with Crippen LogP contribution >= 0.6 is 14.5 Å². The second-order valence-electron chi connectivity index (χ2n) is 6.54. The van der Waals surface area contributed by atoms with Crippen LogP contribution in [0.15, 0.2) is 0 Å². The first-order valence-corrected chi connectivity index (χ1v) is 11.7. The van der Waals surface area contributed by atoms with Gasteiger partial charge >= 0.3 is 71.2 Å². The van der Waals surface area contributed by atoms with Gasteiger partial charge in [-0.25, -0.2) is 0 Å². The third-order valence-corrected chi connectivity index (χ3v) is 10.2. The SMILES string of the molecule is C[PH]1(C)CC2(C1)C[PH](C)(C)C2. The zero-order chi connectivity index (χ0) is 8.33. The average Bonchev–Trinajstić information content (AvgIpc) is 1.52. The van der Waals surface area contributed by atoms with Crippen LogP contribution in [0, 0.1) is 5.41 Å². The molecular formula is C9H22P2. The number of hydrogen-bond acceptors (Lipinski definition) is 0. The Labute approximate surface area is 71.8 Å². The van der Waals surface area contributed by atoms with Crippen LogP contribution in [0.25, 0.3) is 0 Å². The van der Waals surface area contributed by atoms with Gasteiger partial charge in [-0.1, -0.05) is 0 Å². The van der Waals surface area contributed by atoms with E-state index < -0.39 is 14.5 Å². The Bertz CT molecular complexity index is 152. The van der Waals surface area contributed by atoms with E-state index in [0.717, 1.165) is 5.41 Å². The summed E-state index contributed by atoms with van der Waals surface area (Å²) in [7, 11) is -1.19. The van der Waals surface area contributed by atoms with Gasteiger partial charge in [0.15, 0.2) is 0 Å². The van der Waals surface area contributed by atoms with Gasteiger partial charge in [-0.05, 0) is 0 Å². The van der Waals surface area contributed by atoms with E-state index in [4.69, 9.17) is 0 Å². The molecule has 2 fully saturated rings. The molecule has 0 unspecified atom stereocenters. The van der Waals surface area contributed by atoms with Crippen molar-refractivity contribution in [3.05, 3.63) is 0 Å². The summed E-state index contributed by atoms with van der Waals surface area (Å²) in [5.74, 6) is 0. The first-order chi connectivity index (χ1) is 4.83. The molecule has 0 radical (unpaired) electrons.